The minimum absolute atomic E-state index is 0.0321. The average molecular weight is 267 g/mol. The van der Waals surface area contributed by atoms with Gasteiger partial charge in [0.15, 0.2) is 11.0 Å². The lowest BCUT2D eigenvalue weighted by molar-refractivity contribution is -0.125. The Labute approximate surface area is 108 Å². The van der Waals surface area contributed by atoms with Crippen LogP contribution in [0.5, 0.6) is 0 Å². The van der Waals surface area contributed by atoms with Crippen molar-refractivity contribution >= 4 is 34.1 Å². The molecule has 0 aliphatic heterocycles. The van der Waals surface area contributed by atoms with E-state index in [2.05, 4.69) is 15.5 Å². The molecule has 1 aromatic carbocycles. The summed E-state index contributed by atoms with van der Waals surface area (Å²) in [5.74, 6) is -0.357. The van der Waals surface area contributed by atoms with Crippen LogP contribution in [0.15, 0.2) is 24.3 Å². The summed E-state index contributed by atoms with van der Waals surface area (Å²) in [7, 11) is 0. The van der Waals surface area contributed by atoms with Gasteiger partial charge >= 0.3 is 0 Å². The molecule has 2 rings (SSSR count). The molecule has 94 valence electrons. The molecule has 1 atom stereocenters. The van der Waals surface area contributed by atoms with Crippen LogP contribution in [0.25, 0.3) is 10.8 Å². The molecule has 0 radical (unpaired) electrons. The number of nitrogens with one attached hydrogen (secondary N) is 1. The number of hydrogen-bond acceptors (Lipinski definition) is 5. The summed E-state index contributed by atoms with van der Waals surface area (Å²) in [4.78, 5) is 10.7. The van der Waals surface area contributed by atoms with Crippen molar-refractivity contribution in [3.63, 3.8) is 0 Å². The zero-order valence-corrected chi connectivity index (χ0v) is 10.1. The Kier molecular flexibility index (Phi) is 3.59. The number of aromatic nitrogens is 2. The van der Waals surface area contributed by atoms with Gasteiger partial charge in [0.25, 0.3) is 0 Å². The van der Waals surface area contributed by atoms with Crippen LogP contribution in [0.4, 0.5) is 5.82 Å². The van der Waals surface area contributed by atoms with Crippen LogP contribution in [0.1, 0.15) is 0 Å². The highest BCUT2D eigenvalue weighted by Crippen LogP contribution is 2.25. The minimum atomic E-state index is -1.28. The van der Waals surface area contributed by atoms with Crippen molar-refractivity contribution in [1.82, 2.24) is 10.2 Å². The molecule has 4 N–H and O–H groups in total. The van der Waals surface area contributed by atoms with Gasteiger partial charge in [0.05, 0.1) is 6.54 Å². The summed E-state index contributed by atoms with van der Waals surface area (Å²) in [5, 5.41) is 21.6. The minimum Gasteiger partial charge on any atom is -0.381 e. The van der Waals surface area contributed by atoms with Crippen molar-refractivity contribution in [3.05, 3.63) is 29.4 Å². The molecule has 0 saturated heterocycles. The molecule has 0 saturated carbocycles. The van der Waals surface area contributed by atoms with E-state index in [9.17, 15) is 9.90 Å². The quantitative estimate of drug-likeness (QED) is 0.750. The van der Waals surface area contributed by atoms with Crippen LogP contribution in [0.2, 0.25) is 5.15 Å². The zero-order valence-electron chi connectivity index (χ0n) is 9.30. The third-order valence-corrected chi connectivity index (χ3v) is 2.71. The summed E-state index contributed by atoms with van der Waals surface area (Å²) in [5.41, 5.74) is 4.95. The van der Waals surface area contributed by atoms with Crippen LogP contribution in [-0.2, 0) is 4.79 Å². The highest BCUT2D eigenvalue weighted by molar-refractivity contribution is 6.34. The number of carbonyl (C=O) groups is 1. The number of rotatable bonds is 4. The number of hydrogen-bond donors (Lipinski definition) is 3. The number of anilines is 1. The molecule has 1 aromatic heterocycles. The van der Waals surface area contributed by atoms with E-state index >= 15 is 0 Å². The van der Waals surface area contributed by atoms with E-state index in [1.54, 1.807) is 0 Å². The molecular formula is C11H11ClN4O2. The fraction of sp³-hybridized carbons (Fsp3) is 0.182. The second-order valence-corrected chi connectivity index (χ2v) is 4.04. The van der Waals surface area contributed by atoms with Gasteiger partial charge in [-0.1, -0.05) is 35.9 Å². The smallest absolute Gasteiger partial charge is 0.248 e. The van der Waals surface area contributed by atoms with E-state index < -0.39 is 12.0 Å². The number of aliphatic hydroxyl groups excluding tert-OH is 1. The maximum absolute atomic E-state index is 10.7. The van der Waals surface area contributed by atoms with Gasteiger partial charge < -0.3 is 16.2 Å². The molecule has 6 nitrogen and oxygen atoms in total. The van der Waals surface area contributed by atoms with E-state index in [1.165, 1.54) is 0 Å². The Bertz CT molecular complexity index is 590. The molecule has 7 heteroatoms. The summed E-state index contributed by atoms with van der Waals surface area (Å²) >= 11 is 5.92. The number of fused-ring (bicyclic) bond motifs is 1. The fourth-order valence-electron chi connectivity index (χ4n) is 1.50. The lowest BCUT2D eigenvalue weighted by Crippen LogP contribution is -2.34. The summed E-state index contributed by atoms with van der Waals surface area (Å²) in [6, 6.07) is 7.28. The van der Waals surface area contributed by atoms with Gasteiger partial charge in [0.2, 0.25) is 5.91 Å². The van der Waals surface area contributed by atoms with Crippen molar-refractivity contribution in [3.8, 4) is 0 Å². The Morgan fingerprint density at radius 3 is 2.72 bits per heavy atom. The first kappa shape index (κ1) is 12.5. The number of nitrogens with two attached hydrogens (primary N) is 1. The van der Waals surface area contributed by atoms with Crippen LogP contribution in [-0.4, -0.2) is 33.9 Å². The van der Waals surface area contributed by atoms with Crippen molar-refractivity contribution in [2.45, 2.75) is 6.10 Å². The molecule has 1 heterocycles. The second-order valence-electron chi connectivity index (χ2n) is 3.68. The lowest BCUT2D eigenvalue weighted by atomic mass is 10.2. The molecule has 2 aromatic rings. The van der Waals surface area contributed by atoms with Crippen LogP contribution < -0.4 is 11.1 Å². The molecular weight excluding hydrogens is 256 g/mol. The molecule has 0 aliphatic carbocycles. The molecule has 1 amide bonds. The number of carbonyl (C=O) groups excluding carboxylic acids is 1. The summed E-state index contributed by atoms with van der Waals surface area (Å²) in [6.45, 7) is -0.0321. The highest BCUT2D eigenvalue weighted by atomic mass is 35.5. The highest BCUT2D eigenvalue weighted by Gasteiger charge is 2.12. The van der Waals surface area contributed by atoms with Crippen molar-refractivity contribution in [2.75, 3.05) is 11.9 Å². The Morgan fingerprint density at radius 2 is 2.06 bits per heavy atom. The summed E-state index contributed by atoms with van der Waals surface area (Å²) in [6.07, 6.45) is -1.28. The maximum Gasteiger partial charge on any atom is 0.248 e. The van der Waals surface area contributed by atoms with Gasteiger partial charge in [-0.05, 0) is 0 Å². The topological polar surface area (TPSA) is 101 Å². The van der Waals surface area contributed by atoms with Crippen LogP contribution in [0, 0.1) is 0 Å². The Morgan fingerprint density at radius 1 is 1.39 bits per heavy atom. The summed E-state index contributed by atoms with van der Waals surface area (Å²) < 4.78 is 0. The SMILES string of the molecule is NC(=O)C(O)CNc1nnc(Cl)c2ccccc12. The van der Waals surface area contributed by atoms with Gasteiger partial charge in [0.1, 0.15) is 6.10 Å². The standard InChI is InChI=1S/C11H11ClN4O2/c12-9-6-3-1-2-4-7(6)11(16-15-9)14-5-8(17)10(13)18/h1-4,8,17H,5H2,(H2,13,18)(H,14,16). The van der Waals surface area contributed by atoms with Crippen molar-refractivity contribution < 1.29 is 9.90 Å². The van der Waals surface area contributed by atoms with E-state index in [4.69, 9.17) is 17.3 Å². The monoisotopic (exact) mass is 266 g/mol. The van der Waals surface area contributed by atoms with E-state index in [0.29, 0.717) is 11.0 Å². The zero-order chi connectivity index (χ0) is 13.1. The number of halogens is 1. The van der Waals surface area contributed by atoms with E-state index in [-0.39, 0.29) is 6.54 Å². The number of primary amides is 1. The molecule has 0 fully saturated rings. The lowest BCUT2D eigenvalue weighted by Gasteiger charge is -2.10. The van der Waals surface area contributed by atoms with Gasteiger partial charge in [-0.2, -0.15) is 0 Å². The predicted molar refractivity (Wildman–Crippen MR) is 68.2 cm³/mol. The van der Waals surface area contributed by atoms with Gasteiger partial charge in [-0.3, -0.25) is 4.79 Å². The molecule has 0 spiro atoms. The van der Waals surface area contributed by atoms with Crippen LogP contribution >= 0.6 is 11.6 Å². The molecule has 0 bridgehead atoms. The van der Waals surface area contributed by atoms with Crippen LogP contribution in [0.3, 0.4) is 0 Å². The average Bonchev–Trinajstić information content (AvgIpc) is 2.38. The molecule has 18 heavy (non-hydrogen) atoms. The number of benzene rings is 1. The number of amides is 1. The number of aliphatic hydroxyl groups is 1. The Balaban J connectivity index is 2.29. The van der Waals surface area contributed by atoms with E-state index in [0.717, 1.165) is 10.8 Å². The third kappa shape index (κ3) is 2.49. The second kappa shape index (κ2) is 5.16. The van der Waals surface area contributed by atoms with Gasteiger partial charge in [0, 0.05) is 10.8 Å². The molecule has 1 unspecified atom stereocenters. The third-order valence-electron chi connectivity index (χ3n) is 2.43. The first-order chi connectivity index (χ1) is 8.59. The fourth-order valence-corrected chi connectivity index (χ4v) is 1.70. The number of nitrogens with zero attached hydrogens (tertiary/aromatic N) is 2. The van der Waals surface area contributed by atoms with E-state index in [1.807, 2.05) is 24.3 Å². The maximum atomic E-state index is 10.7. The van der Waals surface area contributed by atoms with Gasteiger partial charge in [-0.15, -0.1) is 10.2 Å². The normalized spacial score (nSPS) is 12.3. The molecule has 0 aliphatic rings. The first-order valence-corrected chi connectivity index (χ1v) is 5.59. The predicted octanol–water partition coefficient (Wildman–Crippen LogP) is 0.541. The first-order valence-electron chi connectivity index (χ1n) is 5.22. The largest absolute Gasteiger partial charge is 0.381 e. The van der Waals surface area contributed by atoms with Gasteiger partial charge in [-0.25, -0.2) is 0 Å². The Hall–Kier alpha value is -1.92. The van der Waals surface area contributed by atoms with Crippen molar-refractivity contribution in [1.29, 1.82) is 0 Å². The van der Waals surface area contributed by atoms with Crippen molar-refractivity contribution in [2.24, 2.45) is 5.73 Å².